The molecule has 0 heterocycles. The van der Waals surface area contributed by atoms with E-state index in [1.165, 1.54) is 57.8 Å². The summed E-state index contributed by atoms with van der Waals surface area (Å²) in [4.78, 5) is 12.0. The van der Waals surface area contributed by atoms with Crippen LogP contribution in [0.4, 0.5) is 0 Å². The maximum absolute atomic E-state index is 12.0. The van der Waals surface area contributed by atoms with Gasteiger partial charge in [0.25, 0.3) is 0 Å². The van der Waals surface area contributed by atoms with E-state index in [1.54, 1.807) is 0 Å². The van der Waals surface area contributed by atoms with Gasteiger partial charge in [-0.2, -0.15) is 0 Å². The number of aliphatic hydroxyl groups is 1. The van der Waals surface area contributed by atoms with Gasteiger partial charge in [-0.3, -0.25) is 4.79 Å². The molecule has 172 valence electrons. The molecule has 0 bridgehead atoms. The Labute approximate surface area is 185 Å². The Morgan fingerprint density at radius 1 is 0.833 bits per heavy atom. The molecule has 0 aliphatic rings. The third kappa shape index (κ3) is 14.6. The summed E-state index contributed by atoms with van der Waals surface area (Å²) in [6, 6.07) is 8.01. The number of amides is 1. The number of nitrogens with two attached hydrogens (primary N) is 1. The van der Waals surface area contributed by atoms with Crippen LogP contribution in [0.5, 0.6) is 0 Å². The molecule has 1 aromatic carbocycles. The zero-order chi connectivity index (χ0) is 21.9. The highest BCUT2D eigenvalue weighted by Crippen LogP contribution is 2.14. The van der Waals surface area contributed by atoms with E-state index in [1.807, 2.05) is 24.3 Å². The van der Waals surface area contributed by atoms with E-state index < -0.39 is 0 Å². The topological polar surface area (TPSA) is 75.3 Å². The number of unbranched alkanes of at least 4 members (excludes halogenated alkanes) is 10. The molecular formula is C26H46N2O2. The summed E-state index contributed by atoms with van der Waals surface area (Å²) in [5.74, 6) is 0.0853. The van der Waals surface area contributed by atoms with Gasteiger partial charge in [0.1, 0.15) is 0 Å². The van der Waals surface area contributed by atoms with Crippen LogP contribution in [-0.4, -0.2) is 17.1 Å². The third-order valence-electron chi connectivity index (χ3n) is 5.83. The summed E-state index contributed by atoms with van der Waals surface area (Å²) in [7, 11) is 0. The summed E-state index contributed by atoms with van der Waals surface area (Å²) in [5, 5.41) is 13.1. The second-order valence-electron chi connectivity index (χ2n) is 8.67. The Kier molecular flexibility index (Phi) is 16.3. The smallest absolute Gasteiger partial charge is 0.220 e. The lowest BCUT2D eigenvalue weighted by Gasteiger charge is -2.10. The number of benzene rings is 1. The molecule has 0 fully saturated rings. The van der Waals surface area contributed by atoms with Gasteiger partial charge >= 0.3 is 0 Å². The van der Waals surface area contributed by atoms with Crippen molar-refractivity contribution in [1.82, 2.24) is 5.32 Å². The summed E-state index contributed by atoms with van der Waals surface area (Å²) in [5.41, 5.74) is 7.78. The fraction of sp³-hybridized carbons (Fsp3) is 0.731. The largest absolute Gasteiger partial charge is 0.393 e. The van der Waals surface area contributed by atoms with Gasteiger partial charge in [0.2, 0.25) is 5.91 Å². The molecule has 1 rings (SSSR count). The predicted octanol–water partition coefficient (Wildman–Crippen LogP) is 5.99. The molecule has 4 heteroatoms. The first kappa shape index (κ1) is 26.6. The summed E-state index contributed by atoms with van der Waals surface area (Å²) in [6.07, 6.45) is 17.0. The predicted molar refractivity (Wildman–Crippen MR) is 127 cm³/mol. The average molecular weight is 419 g/mol. The number of hydrogen-bond donors (Lipinski definition) is 3. The van der Waals surface area contributed by atoms with Crippen LogP contribution in [-0.2, 0) is 17.9 Å². The molecule has 0 saturated carbocycles. The highest BCUT2D eigenvalue weighted by atomic mass is 16.3. The lowest BCUT2D eigenvalue weighted by atomic mass is 10.0. The third-order valence-corrected chi connectivity index (χ3v) is 5.83. The Balaban J connectivity index is 1.91. The quantitative estimate of drug-likeness (QED) is 0.241. The SMILES string of the molecule is CCCCCCCCCCCCC(O)CCCCC(=O)NCc1ccc(CN)cc1. The van der Waals surface area contributed by atoms with Gasteiger partial charge in [0, 0.05) is 19.5 Å². The van der Waals surface area contributed by atoms with E-state index in [9.17, 15) is 9.90 Å². The van der Waals surface area contributed by atoms with E-state index in [0.29, 0.717) is 19.5 Å². The monoisotopic (exact) mass is 418 g/mol. The van der Waals surface area contributed by atoms with Crippen LogP contribution in [0.25, 0.3) is 0 Å². The zero-order valence-corrected chi connectivity index (χ0v) is 19.3. The molecule has 0 saturated heterocycles. The normalized spacial score (nSPS) is 12.1. The molecule has 0 radical (unpaired) electrons. The van der Waals surface area contributed by atoms with Gasteiger partial charge in [-0.05, 0) is 30.4 Å². The number of carbonyl (C=O) groups is 1. The fourth-order valence-corrected chi connectivity index (χ4v) is 3.76. The summed E-state index contributed by atoms with van der Waals surface area (Å²) >= 11 is 0. The Bertz CT molecular complexity index is 530. The first-order valence-corrected chi connectivity index (χ1v) is 12.4. The molecule has 0 aliphatic heterocycles. The Morgan fingerprint density at radius 2 is 1.33 bits per heavy atom. The number of rotatable bonds is 19. The van der Waals surface area contributed by atoms with Crippen LogP contribution in [0.1, 0.15) is 114 Å². The van der Waals surface area contributed by atoms with Crippen LogP contribution in [0.3, 0.4) is 0 Å². The van der Waals surface area contributed by atoms with Crippen LogP contribution in [0, 0.1) is 0 Å². The minimum atomic E-state index is -0.205. The van der Waals surface area contributed by atoms with E-state index >= 15 is 0 Å². The minimum absolute atomic E-state index is 0.0853. The van der Waals surface area contributed by atoms with Crippen molar-refractivity contribution < 1.29 is 9.90 Å². The van der Waals surface area contributed by atoms with Crippen molar-refractivity contribution in [3.8, 4) is 0 Å². The van der Waals surface area contributed by atoms with Crippen molar-refractivity contribution in [3.05, 3.63) is 35.4 Å². The second-order valence-corrected chi connectivity index (χ2v) is 8.67. The Morgan fingerprint density at radius 3 is 1.90 bits per heavy atom. The van der Waals surface area contributed by atoms with Gasteiger partial charge in [-0.1, -0.05) is 102 Å². The molecule has 30 heavy (non-hydrogen) atoms. The number of aliphatic hydroxyl groups excluding tert-OH is 1. The van der Waals surface area contributed by atoms with Crippen LogP contribution >= 0.6 is 0 Å². The van der Waals surface area contributed by atoms with Crippen molar-refractivity contribution >= 4 is 5.91 Å². The van der Waals surface area contributed by atoms with Gasteiger partial charge in [0.15, 0.2) is 0 Å². The summed E-state index contributed by atoms with van der Waals surface area (Å²) < 4.78 is 0. The molecule has 1 atom stereocenters. The molecule has 1 unspecified atom stereocenters. The maximum Gasteiger partial charge on any atom is 0.220 e. The molecule has 0 aliphatic carbocycles. The van der Waals surface area contributed by atoms with Gasteiger partial charge < -0.3 is 16.2 Å². The van der Waals surface area contributed by atoms with Crippen LogP contribution in [0.2, 0.25) is 0 Å². The number of hydrogen-bond acceptors (Lipinski definition) is 3. The number of nitrogens with one attached hydrogen (secondary N) is 1. The molecule has 0 aromatic heterocycles. The van der Waals surface area contributed by atoms with E-state index in [0.717, 1.165) is 43.2 Å². The highest BCUT2D eigenvalue weighted by molar-refractivity contribution is 5.75. The average Bonchev–Trinajstić information content (AvgIpc) is 2.77. The van der Waals surface area contributed by atoms with Crippen molar-refractivity contribution in [2.24, 2.45) is 5.73 Å². The standard InChI is InChI=1S/C26H46N2O2/c1-2-3-4-5-6-7-8-9-10-11-14-25(29)15-12-13-16-26(30)28-22-24-19-17-23(21-27)18-20-24/h17-20,25,29H,2-16,21-22,27H2,1H3,(H,28,30). The Hall–Kier alpha value is -1.39. The van der Waals surface area contributed by atoms with E-state index in [2.05, 4.69) is 12.2 Å². The van der Waals surface area contributed by atoms with Crippen molar-refractivity contribution in [2.75, 3.05) is 0 Å². The first-order valence-electron chi connectivity index (χ1n) is 12.4. The lowest BCUT2D eigenvalue weighted by Crippen LogP contribution is -2.22. The van der Waals surface area contributed by atoms with Gasteiger partial charge in [0.05, 0.1) is 6.10 Å². The van der Waals surface area contributed by atoms with Gasteiger partial charge in [-0.15, -0.1) is 0 Å². The zero-order valence-electron chi connectivity index (χ0n) is 19.3. The van der Waals surface area contributed by atoms with Gasteiger partial charge in [-0.25, -0.2) is 0 Å². The van der Waals surface area contributed by atoms with Crippen molar-refractivity contribution in [2.45, 2.75) is 122 Å². The number of carbonyl (C=O) groups excluding carboxylic acids is 1. The summed E-state index contributed by atoms with van der Waals surface area (Å²) in [6.45, 7) is 3.36. The van der Waals surface area contributed by atoms with E-state index in [-0.39, 0.29) is 12.0 Å². The van der Waals surface area contributed by atoms with E-state index in [4.69, 9.17) is 5.73 Å². The molecule has 4 nitrogen and oxygen atoms in total. The second kappa shape index (κ2) is 18.4. The maximum atomic E-state index is 12.0. The van der Waals surface area contributed by atoms with Crippen molar-refractivity contribution in [1.29, 1.82) is 0 Å². The molecule has 1 aromatic rings. The van der Waals surface area contributed by atoms with Crippen molar-refractivity contribution in [3.63, 3.8) is 0 Å². The fourth-order valence-electron chi connectivity index (χ4n) is 3.76. The first-order chi connectivity index (χ1) is 14.7. The molecule has 0 spiro atoms. The molecule has 1 amide bonds. The highest BCUT2D eigenvalue weighted by Gasteiger charge is 2.06. The van der Waals surface area contributed by atoms with Crippen LogP contribution < -0.4 is 11.1 Å². The minimum Gasteiger partial charge on any atom is -0.393 e. The molecular weight excluding hydrogens is 372 g/mol. The van der Waals surface area contributed by atoms with Crippen LogP contribution in [0.15, 0.2) is 24.3 Å². The lowest BCUT2D eigenvalue weighted by molar-refractivity contribution is -0.121. The molecule has 4 N–H and O–H groups in total.